The van der Waals surface area contributed by atoms with Crippen molar-refractivity contribution in [3.8, 4) is 11.5 Å². The standard InChI is InChI=1S/C28H28FN7O2/c1-2-38-27(37)28(12-13-28)21-17-33-25(34-24(21)31-15-7-3-6-14-30)23-20-10-8-16-32-26(20)36(35-23)18-19-9-4-5-11-22(19)29/h4-5,8-11,14-17,30H,2-3,6-7,12-13,18H2,1H3. The Balaban J connectivity index is 1.57. The smallest absolute Gasteiger partial charge is 0.316 e. The molecule has 0 aliphatic heterocycles. The van der Waals surface area contributed by atoms with E-state index in [0.717, 1.165) is 11.8 Å². The van der Waals surface area contributed by atoms with Gasteiger partial charge in [-0.3, -0.25) is 4.79 Å². The first-order chi connectivity index (χ1) is 18.6. The third kappa shape index (κ3) is 4.93. The summed E-state index contributed by atoms with van der Waals surface area (Å²) in [7, 11) is 0. The molecule has 0 unspecified atom stereocenters. The van der Waals surface area contributed by atoms with Crippen molar-refractivity contribution >= 4 is 35.2 Å². The number of esters is 1. The highest BCUT2D eigenvalue weighted by molar-refractivity contribution is 5.91. The molecule has 194 valence electrons. The van der Waals surface area contributed by atoms with E-state index in [9.17, 15) is 9.18 Å². The van der Waals surface area contributed by atoms with Crippen LogP contribution in [0.2, 0.25) is 0 Å². The van der Waals surface area contributed by atoms with Gasteiger partial charge in [0.15, 0.2) is 17.3 Å². The first kappa shape index (κ1) is 25.3. The number of benzene rings is 1. The normalized spacial score (nSPS) is 14.2. The number of fused-ring (bicyclic) bond motifs is 1. The van der Waals surface area contributed by atoms with Crippen LogP contribution in [0.1, 0.15) is 50.2 Å². The number of carbonyl (C=O) groups is 1. The highest BCUT2D eigenvalue weighted by Crippen LogP contribution is 2.52. The summed E-state index contributed by atoms with van der Waals surface area (Å²) in [6, 6.07) is 10.2. The van der Waals surface area contributed by atoms with Crippen molar-refractivity contribution in [2.45, 2.75) is 51.0 Å². The van der Waals surface area contributed by atoms with Gasteiger partial charge in [-0.15, -0.1) is 0 Å². The van der Waals surface area contributed by atoms with Crippen LogP contribution in [0.15, 0.2) is 53.8 Å². The third-order valence-electron chi connectivity index (χ3n) is 6.59. The fourth-order valence-corrected chi connectivity index (χ4v) is 4.44. The Morgan fingerprint density at radius 2 is 2.05 bits per heavy atom. The fourth-order valence-electron chi connectivity index (χ4n) is 4.44. The summed E-state index contributed by atoms with van der Waals surface area (Å²) in [5.74, 6) is 0.129. The van der Waals surface area contributed by atoms with E-state index in [0.29, 0.717) is 66.4 Å². The summed E-state index contributed by atoms with van der Waals surface area (Å²) in [5, 5.41) is 12.7. The number of rotatable bonds is 11. The lowest BCUT2D eigenvalue weighted by molar-refractivity contribution is -0.146. The third-order valence-corrected chi connectivity index (χ3v) is 6.59. The maximum absolute atomic E-state index is 14.4. The van der Waals surface area contributed by atoms with Crippen molar-refractivity contribution < 1.29 is 13.9 Å². The van der Waals surface area contributed by atoms with Gasteiger partial charge in [-0.25, -0.2) is 29.0 Å². The van der Waals surface area contributed by atoms with E-state index < -0.39 is 5.41 Å². The predicted molar refractivity (Wildman–Crippen MR) is 142 cm³/mol. The van der Waals surface area contributed by atoms with E-state index in [1.54, 1.807) is 54.5 Å². The molecule has 9 nitrogen and oxygen atoms in total. The highest BCUT2D eigenvalue weighted by Gasteiger charge is 2.54. The van der Waals surface area contributed by atoms with Gasteiger partial charge in [0.25, 0.3) is 0 Å². The number of halogens is 1. The van der Waals surface area contributed by atoms with Gasteiger partial charge in [0.1, 0.15) is 11.5 Å². The molecule has 1 fully saturated rings. The Morgan fingerprint density at radius 1 is 1.21 bits per heavy atom. The van der Waals surface area contributed by atoms with Crippen LogP contribution in [0.5, 0.6) is 0 Å². The molecular formula is C28H28FN7O2. The average molecular weight is 514 g/mol. The van der Waals surface area contributed by atoms with Gasteiger partial charge in [0.05, 0.1) is 24.0 Å². The monoisotopic (exact) mass is 513 g/mol. The van der Waals surface area contributed by atoms with E-state index in [4.69, 9.17) is 20.2 Å². The van der Waals surface area contributed by atoms with Crippen molar-refractivity contribution in [3.05, 3.63) is 65.7 Å². The lowest BCUT2D eigenvalue weighted by atomic mass is 9.98. The van der Waals surface area contributed by atoms with E-state index in [1.165, 1.54) is 12.3 Å². The Kier molecular flexibility index (Phi) is 7.30. The number of pyridine rings is 1. The molecule has 38 heavy (non-hydrogen) atoms. The predicted octanol–water partition coefficient (Wildman–Crippen LogP) is 5.19. The van der Waals surface area contributed by atoms with Gasteiger partial charge in [0.2, 0.25) is 0 Å². The topological polar surface area (TPSA) is 119 Å². The number of aliphatic imine (C=N–C) groups is 1. The van der Waals surface area contributed by atoms with Crippen LogP contribution in [0.3, 0.4) is 0 Å². The van der Waals surface area contributed by atoms with E-state index in [1.807, 2.05) is 6.07 Å². The number of ether oxygens (including phenoxy) is 1. The Labute approximate surface area is 219 Å². The van der Waals surface area contributed by atoms with Gasteiger partial charge >= 0.3 is 5.97 Å². The minimum atomic E-state index is -0.788. The average Bonchev–Trinajstić information content (AvgIpc) is 3.67. The maximum atomic E-state index is 14.4. The van der Waals surface area contributed by atoms with Crippen LogP contribution in [0.25, 0.3) is 22.6 Å². The Hall–Kier alpha value is -4.34. The summed E-state index contributed by atoms with van der Waals surface area (Å²) < 4.78 is 21.4. The van der Waals surface area contributed by atoms with Gasteiger partial charge in [0, 0.05) is 29.7 Å². The van der Waals surface area contributed by atoms with E-state index in [2.05, 4.69) is 15.0 Å². The second-order valence-corrected chi connectivity index (χ2v) is 9.15. The van der Waals surface area contributed by atoms with Crippen LogP contribution in [0.4, 0.5) is 10.2 Å². The lowest BCUT2D eigenvalue weighted by Crippen LogP contribution is -2.24. The molecule has 4 aromatic rings. The number of carbonyl (C=O) groups excluding carboxylic acids is 1. The summed E-state index contributed by atoms with van der Waals surface area (Å²) in [4.78, 5) is 31.3. The van der Waals surface area contributed by atoms with Crippen molar-refractivity contribution in [2.75, 3.05) is 6.61 Å². The second kappa shape index (κ2) is 11.0. The largest absolute Gasteiger partial charge is 0.465 e. The van der Waals surface area contributed by atoms with Crippen LogP contribution in [-0.2, 0) is 21.5 Å². The second-order valence-electron chi connectivity index (χ2n) is 9.15. The van der Waals surface area contributed by atoms with Gasteiger partial charge in [-0.1, -0.05) is 18.2 Å². The fraction of sp³-hybridized carbons (Fsp3) is 0.321. The first-order valence-electron chi connectivity index (χ1n) is 12.7. The molecule has 0 atom stereocenters. The number of unbranched alkanes of at least 4 members (excludes halogenated alkanes) is 2. The summed E-state index contributed by atoms with van der Waals surface area (Å²) in [6.07, 6.45) is 9.87. The molecule has 3 aromatic heterocycles. The summed E-state index contributed by atoms with van der Waals surface area (Å²) in [5.41, 5.74) is 1.42. The maximum Gasteiger partial charge on any atom is 0.316 e. The molecular weight excluding hydrogens is 485 g/mol. The molecule has 0 spiro atoms. The zero-order chi connectivity index (χ0) is 26.5. The van der Waals surface area contributed by atoms with Crippen LogP contribution >= 0.6 is 0 Å². The molecule has 10 heteroatoms. The van der Waals surface area contributed by atoms with Crippen LogP contribution < -0.4 is 0 Å². The summed E-state index contributed by atoms with van der Waals surface area (Å²) >= 11 is 0. The molecule has 1 aliphatic carbocycles. The van der Waals surface area contributed by atoms with Gasteiger partial charge in [-0.2, -0.15) is 5.10 Å². The summed E-state index contributed by atoms with van der Waals surface area (Å²) in [6.45, 7) is 2.27. The number of aromatic nitrogens is 5. The van der Waals surface area contributed by atoms with Gasteiger partial charge < -0.3 is 10.1 Å². The molecule has 1 saturated carbocycles. The number of nitrogens with one attached hydrogen (secondary N) is 1. The van der Waals surface area contributed by atoms with Crippen molar-refractivity contribution in [3.63, 3.8) is 0 Å². The molecule has 1 N–H and O–H groups in total. The molecule has 5 rings (SSSR count). The molecule has 1 aliphatic rings. The molecule has 3 heterocycles. The number of nitrogens with zero attached hydrogens (tertiary/aromatic N) is 6. The minimum Gasteiger partial charge on any atom is -0.465 e. The van der Waals surface area contributed by atoms with Crippen LogP contribution in [0, 0.1) is 11.2 Å². The number of hydrogen-bond donors (Lipinski definition) is 1. The molecule has 0 radical (unpaired) electrons. The van der Waals surface area contributed by atoms with Crippen molar-refractivity contribution in [1.82, 2.24) is 24.7 Å². The van der Waals surface area contributed by atoms with Crippen LogP contribution in [-0.4, -0.2) is 49.7 Å². The molecule has 1 aromatic carbocycles. The van der Waals surface area contributed by atoms with Crippen molar-refractivity contribution in [1.29, 1.82) is 5.41 Å². The van der Waals surface area contributed by atoms with E-state index >= 15 is 0 Å². The molecule has 0 bridgehead atoms. The lowest BCUT2D eigenvalue weighted by Gasteiger charge is -2.15. The minimum absolute atomic E-state index is 0.197. The zero-order valence-corrected chi connectivity index (χ0v) is 21.1. The molecule has 0 saturated heterocycles. The molecule has 0 amide bonds. The Bertz CT molecular complexity index is 1510. The quantitative estimate of drug-likeness (QED) is 0.167. The van der Waals surface area contributed by atoms with Crippen molar-refractivity contribution in [2.24, 2.45) is 4.99 Å². The highest BCUT2D eigenvalue weighted by atomic mass is 19.1. The van der Waals surface area contributed by atoms with Gasteiger partial charge in [-0.05, 0) is 63.4 Å². The zero-order valence-electron chi connectivity index (χ0n) is 21.1. The van der Waals surface area contributed by atoms with E-state index in [-0.39, 0.29) is 18.3 Å². The SMILES string of the molecule is CCOC(=O)C1(c2cnc(-c3nn(Cc4ccccc4F)c4ncccc34)nc2N=CCCCC=N)CC1. The first-order valence-corrected chi connectivity index (χ1v) is 12.7. The number of hydrogen-bond acceptors (Lipinski definition) is 8. The Morgan fingerprint density at radius 3 is 2.82 bits per heavy atom.